The van der Waals surface area contributed by atoms with E-state index in [0.717, 1.165) is 37.4 Å². The highest BCUT2D eigenvalue weighted by Gasteiger charge is 2.22. The van der Waals surface area contributed by atoms with Gasteiger partial charge in [0.05, 0.1) is 0 Å². The Morgan fingerprint density at radius 2 is 1.67 bits per heavy atom. The van der Waals surface area contributed by atoms with Crippen LogP contribution in [0.5, 0.6) is 0 Å². The van der Waals surface area contributed by atoms with E-state index in [9.17, 15) is 4.79 Å². The zero-order chi connectivity index (χ0) is 14.5. The summed E-state index contributed by atoms with van der Waals surface area (Å²) in [6.07, 6.45) is 10.2. The molecular weight excluding hydrogens is 258 g/mol. The highest BCUT2D eigenvalue weighted by atomic mass is 16.1. The van der Waals surface area contributed by atoms with Gasteiger partial charge in [0.25, 0.3) is 0 Å². The molecule has 1 heterocycles. The fraction of sp³-hybridized carbons (Fsp3) is 0.632. The molecule has 1 aliphatic heterocycles. The molecule has 1 aliphatic carbocycles. The van der Waals surface area contributed by atoms with E-state index < -0.39 is 0 Å². The average Bonchev–Trinajstić information content (AvgIpc) is 3.07. The second kappa shape index (κ2) is 7.22. The third kappa shape index (κ3) is 3.94. The highest BCUT2D eigenvalue weighted by molar-refractivity contribution is 5.97. The number of piperidine rings is 1. The van der Waals surface area contributed by atoms with Crippen LogP contribution in [-0.4, -0.2) is 18.9 Å². The largest absolute Gasteiger partial charge is 0.317 e. The van der Waals surface area contributed by atoms with E-state index in [4.69, 9.17) is 0 Å². The van der Waals surface area contributed by atoms with Crippen molar-refractivity contribution in [3.8, 4) is 0 Å². The number of aryl methyl sites for hydroxylation is 1. The van der Waals surface area contributed by atoms with Gasteiger partial charge in [0.2, 0.25) is 0 Å². The number of rotatable bonds is 5. The molecule has 2 heteroatoms. The first kappa shape index (κ1) is 14.8. The second-order valence-electron chi connectivity index (χ2n) is 6.77. The summed E-state index contributed by atoms with van der Waals surface area (Å²) in [7, 11) is 0. The predicted molar refractivity (Wildman–Crippen MR) is 86.6 cm³/mol. The molecule has 1 saturated heterocycles. The summed E-state index contributed by atoms with van der Waals surface area (Å²) >= 11 is 0. The van der Waals surface area contributed by atoms with Crippen molar-refractivity contribution in [2.24, 2.45) is 11.8 Å². The molecule has 1 aromatic rings. The van der Waals surface area contributed by atoms with Gasteiger partial charge in [0.1, 0.15) is 0 Å². The van der Waals surface area contributed by atoms with Crippen LogP contribution in [0.25, 0.3) is 0 Å². The first-order valence-corrected chi connectivity index (χ1v) is 8.67. The number of hydrogen-bond acceptors (Lipinski definition) is 2. The van der Waals surface area contributed by atoms with Crippen molar-refractivity contribution in [1.29, 1.82) is 0 Å². The fourth-order valence-corrected chi connectivity index (χ4v) is 3.83. The van der Waals surface area contributed by atoms with Crippen LogP contribution in [0.3, 0.4) is 0 Å². The SMILES string of the molecule is O=C(c1ccc(CCC2CCCC2)cc1)C1CCNCC1. The number of carbonyl (C=O) groups excluding carboxylic acids is 1. The van der Waals surface area contributed by atoms with E-state index in [1.165, 1.54) is 44.1 Å². The lowest BCUT2D eigenvalue weighted by Crippen LogP contribution is -2.31. The first-order valence-electron chi connectivity index (χ1n) is 8.67. The van der Waals surface area contributed by atoms with Crippen LogP contribution in [0, 0.1) is 11.8 Å². The minimum absolute atomic E-state index is 0.232. The molecule has 114 valence electrons. The summed E-state index contributed by atoms with van der Waals surface area (Å²) in [5.74, 6) is 1.52. The van der Waals surface area contributed by atoms with E-state index in [1.807, 2.05) is 12.1 Å². The van der Waals surface area contributed by atoms with Crippen LogP contribution in [-0.2, 0) is 6.42 Å². The van der Waals surface area contributed by atoms with Gasteiger partial charge in [-0.15, -0.1) is 0 Å². The average molecular weight is 285 g/mol. The van der Waals surface area contributed by atoms with Crippen LogP contribution >= 0.6 is 0 Å². The van der Waals surface area contributed by atoms with E-state index in [1.54, 1.807) is 0 Å². The molecule has 1 N–H and O–H groups in total. The lowest BCUT2D eigenvalue weighted by atomic mass is 9.89. The highest BCUT2D eigenvalue weighted by Crippen LogP contribution is 2.28. The van der Waals surface area contributed by atoms with Crippen LogP contribution < -0.4 is 5.32 Å². The van der Waals surface area contributed by atoms with Crippen molar-refractivity contribution in [3.63, 3.8) is 0 Å². The molecule has 2 fully saturated rings. The second-order valence-corrected chi connectivity index (χ2v) is 6.77. The Bertz CT molecular complexity index is 453. The van der Waals surface area contributed by atoms with Gasteiger partial charge >= 0.3 is 0 Å². The van der Waals surface area contributed by atoms with Crippen molar-refractivity contribution < 1.29 is 4.79 Å². The Morgan fingerprint density at radius 3 is 2.33 bits per heavy atom. The predicted octanol–water partition coefficient (Wildman–Crippen LogP) is 3.99. The molecule has 1 aromatic carbocycles. The fourth-order valence-electron chi connectivity index (χ4n) is 3.83. The summed E-state index contributed by atoms with van der Waals surface area (Å²) in [4.78, 5) is 12.5. The maximum atomic E-state index is 12.5. The number of nitrogens with one attached hydrogen (secondary N) is 1. The normalized spacial score (nSPS) is 20.8. The van der Waals surface area contributed by atoms with Gasteiger partial charge < -0.3 is 5.32 Å². The van der Waals surface area contributed by atoms with Crippen molar-refractivity contribution in [2.45, 2.75) is 51.4 Å². The third-order valence-corrected chi connectivity index (χ3v) is 5.26. The Morgan fingerprint density at radius 1 is 1.00 bits per heavy atom. The molecule has 0 amide bonds. The van der Waals surface area contributed by atoms with E-state index in [-0.39, 0.29) is 5.92 Å². The minimum atomic E-state index is 0.232. The Hall–Kier alpha value is -1.15. The molecule has 0 radical (unpaired) electrons. The molecule has 0 atom stereocenters. The van der Waals surface area contributed by atoms with Crippen molar-refractivity contribution >= 4 is 5.78 Å². The van der Waals surface area contributed by atoms with Crippen LogP contribution in [0.1, 0.15) is 60.9 Å². The molecule has 0 aromatic heterocycles. The number of ketones is 1. The number of hydrogen-bond donors (Lipinski definition) is 1. The van der Waals surface area contributed by atoms with Gasteiger partial charge in [0, 0.05) is 11.5 Å². The number of benzene rings is 1. The van der Waals surface area contributed by atoms with Crippen LogP contribution in [0.2, 0.25) is 0 Å². The third-order valence-electron chi connectivity index (χ3n) is 5.26. The quantitative estimate of drug-likeness (QED) is 0.829. The smallest absolute Gasteiger partial charge is 0.166 e. The van der Waals surface area contributed by atoms with Crippen molar-refractivity contribution in [1.82, 2.24) is 5.32 Å². The number of Topliss-reactive ketones (excluding diaryl/α,β-unsaturated/α-hetero) is 1. The van der Waals surface area contributed by atoms with Gasteiger partial charge in [-0.3, -0.25) is 4.79 Å². The lowest BCUT2D eigenvalue weighted by Gasteiger charge is -2.21. The minimum Gasteiger partial charge on any atom is -0.317 e. The molecule has 0 spiro atoms. The molecule has 2 aliphatic rings. The van der Waals surface area contributed by atoms with Gasteiger partial charge in [-0.05, 0) is 50.3 Å². The molecule has 2 nitrogen and oxygen atoms in total. The molecule has 0 unspecified atom stereocenters. The summed E-state index contributed by atoms with van der Waals surface area (Å²) in [5, 5.41) is 3.32. The topological polar surface area (TPSA) is 29.1 Å². The van der Waals surface area contributed by atoms with Crippen molar-refractivity contribution in [2.75, 3.05) is 13.1 Å². The van der Waals surface area contributed by atoms with Crippen molar-refractivity contribution in [3.05, 3.63) is 35.4 Å². The zero-order valence-corrected chi connectivity index (χ0v) is 12.9. The van der Waals surface area contributed by atoms with Gasteiger partial charge in [-0.2, -0.15) is 0 Å². The van der Waals surface area contributed by atoms with Gasteiger partial charge in [-0.1, -0.05) is 49.9 Å². The van der Waals surface area contributed by atoms with Gasteiger partial charge in [0.15, 0.2) is 5.78 Å². The Labute approximate surface area is 128 Å². The Balaban J connectivity index is 1.54. The van der Waals surface area contributed by atoms with E-state index >= 15 is 0 Å². The maximum absolute atomic E-state index is 12.5. The summed E-state index contributed by atoms with van der Waals surface area (Å²) in [6, 6.07) is 8.44. The molecule has 1 saturated carbocycles. The van der Waals surface area contributed by atoms with E-state index in [0.29, 0.717) is 5.78 Å². The maximum Gasteiger partial charge on any atom is 0.166 e. The molecule has 21 heavy (non-hydrogen) atoms. The van der Waals surface area contributed by atoms with E-state index in [2.05, 4.69) is 17.4 Å². The monoisotopic (exact) mass is 285 g/mol. The van der Waals surface area contributed by atoms with Crippen LogP contribution in [0.4, 0.5) is 0 Å². The molecule has 3 rings (SSSR count). The standard InChI is InChI=1S/C19H27NO/c21-19(18-11-13-20-14-12-18)17-9-7-16(8-10-17)6-5-15-3-1-2-4-15/h7-10,15,18,20H,1-6,11-14H2. The Kier molecular flexibility index (Phi) is 5.08. The van der Waals surface area contributed by atoms with Gasteiger partial charge in [-0.25, -0.2) is 0 Å². The molecule has 0 bridgehead atoms. The number of carbonyl (C=O) groups is 1. The first-order chi connectivity index (χ1) is 10.3. The van der Waals surface area contributed by atoms with Crippen LogP contribution in [0.15, 0.2) is 24.3 Å². The summed E-state index contributed by atoms with van der Waals surface area (Å²) in [6.45, 7) is 1.96. The summed E-state index contributed by atoms with van der Waals surface area (Å²) < 4.78 is 0. The lowest BCUT2D eigenvalue weighted by molar-refractivity contribution is 0.0895. The summed E-state index contributed by atoms with van der Waals surface area (Å²) in [5.41, 5.74) is 2.30. The zero-order valence-electron chi connectivity index (χ0n) is 12.9. The molecular formula is C19H27NO.